The standard InChI is InChI=1S/C21H16N4O3S2.C21H18N4O2S2.C18H18N2O.C18H18N2.C17H16N2.C16H14N2/c1-13-19(30-21(22-13)24-20(26)15-7-3-2-4-8-15)17-12-29-18(23-17)11-14-6-5-9-16(10-14)25(27)28;1-13-18(29-21(22-13)25-19(26)14-8-4-3-5-9-14)16-12-28-20(24-16)23-15-10-6-7-11-17(15)27-2;1-12-11-18(20-16-7-5-4-6-15(12)16)19-14-8-9-17(21-3)13(2)10-14;1-3-14-8-10-15(11-9-14)19-18-12-13(2)16-6-4-5-7-17(16)20-18;1-12-7-9-14(10-8-12)18-17-11-13(2)15-5-3-4-6-16(15)19-17;1-12-11-16(17-13-7-3-2-4-8-13)18-15-10-6-5-9-14(12)15/h2-10,12H,11H2,1H3,(H,22,24,26);3-12H,1-2H3,(H,23,24)(H,22,25,26);4-11H,1-3H3,(H,19,20);4-12H,3H2,1-2H3,(H,19,20);3-11H,1-2H3,(H,18,19);2-11H,1H3,(H,17,18). The molecule has 0 aliphatic heterocycles. The van der Waals surface area contributed by atoms with Crippen molar-refractivity contribution in [2.45, 2.75) is 75.2 Å². The topological polar surface area (TPSA) is 283 Å². The number of benzene rings is 12. The molecule has 0 aliphatic carbocycles. The second kappa shape index (κ2) is 45.9. The Kier molecular flexibility index (Phi) is 32.0. The van der Waals surface area contributed by atoms with Crippen molar-refractivity contribution in [3.05, 3.63) is 420 Å². The number of carbonyl (C=O) groups excluding carboxylic acids is 2. The molecule has 0 unspecified atom stereocenters. The zero-order valence-electron chi connectivity index (χ0n) is 77.4. The van der Waals surface area contributed by atoms with Gasteiger partial charge in [-0.05, 0) is 240 Å². The number of non-ortho nitro benzene ring substituents is 1. The highest BCUT2D eigenvalue weighted by atomic mass is 32.1. The van der Waals surface area contributed by atoms with Crippen LogP contribution in [0.5, 0.6) is 11.5 Å². The van der Waals surface area contributed by atoms with Gasteiger partial charge in [0.2, 0.25) is 0 Å². The Morgan fingerprint density at radius 3 is 1.20 bits per heavy atom. The molecule has 20 aromatic rings. The predicted octanol–water partition coefficient (Wildman–Crippen LogP) is 29.2. The summed E-state index contributed by atoms with van der Waals surface area (Å²) < 4.78 is 10.7. The average Bonchev–Trinajstić information content (AvgIpc) is 1.77. The Balaban J connectivity index is 0.000000126. The minimum Gasteiger partial charge on any atom is -0.496 e. The zero-order valence-corrected chi connectivity index (χ0v) is 80.6. The Bertz CT molecular complexity index is 7570. The smallest absolute Gasteiger partial charge is 0.269 e. The summed E-state index contributed by atoms with van der Waals surface area (Å²) in [6, 6.07) is 106. The van der Waals surface area contributed by atoms with E-state index in [0.29, 0.717) is 27.8 Å². The predicted molar refractivity (Wildman–Crippen MR) is 567 cm³/mol. The van der Waals surface area contributed by atoms with Gasteiger partial charge in [0.15, 0.2) is 15.4 Å². The molecule has 12 aromatic carbocycles. The molecule has 684 valence electrons. The normalized spacial score (nSPS) is 10.6. The maximum Gasteiger partial charge on any atom is 0.269 e. The lowest BCUT2D eigenvalue weighted by molar-refractivity contribution is -0.384. The van der Waals surface area contributed by atoms with E-state index in [-0.39, 0.29) is 17.5 Å². The Hall–Kier alpha value is -16.3. The molecule has 0 fully saturated rings. The number of thiazole rings is 4. The SMILES string of the molecule is CCc1ccc(Nc2cc(C)c3ccccc3n2)cc1.COc1ccc(Nc2cc(C)c3ccccc3n2)cc1C.COc1ccccc1Nc1nc(-c2sc(NC(=O)c3ccccc3)nc2C)cs1.Cc1cc(Nc2ccccc2)nc2ccccc12.Cc1ccc(Nc2cc(C)c3ccccc3n2)cc1.Cc1nc(NC(=O)c2ccccc2)sc1-c1csc(Cc2cccc([N+](=O)[O-])c2)n1. The number of pyridine rings is 4. The number of aromatic nitrogens is 8. The third-order valence-electron chi connectivity index (χ3n) is 21.8. The monoisotopic (exact) mass is 1880 g/mol. The van der Waals surface area contributed by atoms with Crippen molar-refractivity contribution in [3.63, 3.8) is 0 Å². The molecule has 26 heteroatoms. The van der Waals surface area contributed by atoms with E-state index in [1.165, 1.54) is 106 Å². The number of ether oxygens (including phenoxy) is 2. The van der Waals surface area contributed by atoms with Crippen LogP contribution in [0.4, 0.5) is 72.8 Å². The van der Waals surface area contributed by atoms with Crippen molar-refractivity contribution in [1.29, 1.82) is 0 Å². The highest BCUT2D eigenvalue weighted by molar-refractivity contribution is 7.20. The zero-order chi connectivity index (χ0) is 95.7. The number of nitro benzene ring substituents is 1. The first-order valence-corrected chi connectivity index (χ1v) is 47.6. The summed E-state index contributed by atoms with van der Waals surface area (Å²) in [6.45, 7) is 18.5. The van der Waals surface area contributed by atoms with Crippen LogP contribution < -0.4 is 46.7 Å². The van der Waals surface area contributed by atoms with Crippen molar-refractivity contribution in [3.8, 4) is 32.6 Å². The van der Waals surface area contributed by atoms with Crippen LogP contribution in [-0.4, -0.2) is 70.8 Å². The van der Waals surface area contributed by atoms with Gasteiger partial charge in [-0.15, -0.1) is 22.7 Å². The quantitative estimate of drug-likeness (QED) is 0.0245. The number of nitrogens with one attached hydrogen (secondary N) is 7. The molecule has 0 saturated heterocycles. The van der Waals surface area contributed by atoms with Crippen LogP contribution in [0, 0.1) is 65.5 Å². The maximum atomic E-state index is 12.4. The fourth-order valence-corrected chi connectivity index (χ4v) is 18.4. The number of fused-ring (bicyclic) bond motifs is 4. The van der Waals surface area contributed by atoms with Gasteiger partial charge in [0, 0.05) is 84.7 Å². The molecule has 0 bridgehead atoms. The van der Waals surface area contributed by atoms with Gasteiger partial charge in [-0.1, -0.05) is 211 Å². The van der Waals surface area contributed by atoms with Gasteiger partial charge in [0.25, 0.3) is 17.5 Å². The summed E-state index contributed by atoms with van der Waals surface area (Å²) in [5.41, 5.74) is 23.1. The van der Waals surface area contributed by atoms with Crippen LogP contribution in [0.1, 0.15) is 88.5 Å². The summed E-state index contributed by atoms with van der Waals surface area (Å²) in [4.78, 5) is 73.9. The van der Waals surface area contributed by atoms with Gasteiger partial charge in [-0.3, -0.25) is 30.3 Å². The molecule has 22 nitrogen and oxygen atoms in total. The third kappa shape index (κ3) is 25.8. The van der Waals surface area contributed by atoms with E-state index in [4.69, 9.17) is 9.47 Å². The summed E-state index contributed by atoms with van der Waals surface area (Å²) in [7, 11) is 3.32. The lowest BCUT2D eigenvalue weighted by Crippen LogP contribution is -2.11. The van der Waals surface area contributed by atoms with E-state index in [1.807, 2.05) is 214 Å². The lowest BCUT2D eigenvalue weighted by Gasteiger charge is -2.11. The number of hydrogen-bond acceptors (Lipinski definition) is 23. The van der Waals surface area contributed by atoms with E-state index in [2.05, 4.69) is 222 Å². The van der Waals surface area contributed by atoms with Crippen molar-refractivity contribution in [2.24, 2.45) is 0 Å². The number of nitro groups is 1. The third-order valence-corrected chi connectivity index (χ3v) is 25.6. The van der Waals surface area contributed by atoms with Crippen LogP contribution in [0.2, 0.25) is 0 Å². The largest absolute Gasteiger partial charge is 0.496 e. The average molecular weight is 1880 g/mol. The molecule has 2 amide bonds. The number of carbonyl (C=O) groups is 2. The number of para-hydroxylation sites is 7. The van der Waals surface area contributed by atoms with E-state index < -0.39 is 4.92 Å². The van der Waals surface area contributed by atoms with Crippen LogP contribution >= 0.6 is 45.3 Å². The molecule has 8 aromatic heterocycles. The Morgan fingerprint density at radius 1 is 0.350 bits per heavy atom. The first kappa shape index (κ1) is 95.4. The summed E-state index contributed by atoms with van der Waals surface area (Å²) in [5.74, 6) is 4.79. The lowest BCUT2D eigenvalue weighted by atomic mass is 10.1. The minimum atomic E-state index is -0.400. The van der Waals surface area contributed by atoms with E-state index in [9.17, 15) is 19.7 Å². The number of nitrogens with zero attached hydrogens (tertiary/aromatic N) is 9. The number of methoxy groups -OCH3 is 2. The van der Waals surface area contributed by atoms with E-state index >= 15 is 0 Å². The molecule has 0 aliphatic rings. The van der Waals surface area contributed by atoms with Crippen molar-refractivity contribution in [2.75, 3.05) is 51.4 Å². The molecule has 0 radical (unpaired) electrons. The first-order chi connectivity index (χ1) is 66.6. The van der Waals surface area contributed by atoms with Crippen molar-refractivity contribution in [1.82, 2.24) is 39.9 Å². The van der Waals surface area contributed by atoms with Crippen molar-refractivity contribution < 1.29 is 24.0 Å². The molecule has 0 spiro atoms. The molecule has 0 saturated carbocycles. The fourth-order valence-electron chi connectivity index (χ4n) is 14.8. The van der Waals surface area contributed by atoms with Gasteiger partial charge < -0.3 is 36.1 Å². The molecular formula is C111H100N16O6S4. The minimum absolute atomic E-state index is 0.0707. The first-order valence-electron chi connectivity index (χ1n) is 44.2. The second-order valence-corrected chi connectivity index (χ2v) is 35.7. The maximum absolute atomic E-state index is 12.4. The molecule has 137 heavy (non-hydrogen) atoms. The molecular weight excluding hydrogens is 1780 g/mol. The molecule has 7 N–H and O–H groups in total. The second-order valence-electron chi connectivity index (χ2n) is 31.9. The number of aryl methyl sites for hydroxylation is 9. The number of amides is 2. The van der Waals surface area contributed by atoms with Gasteiger partial charge >= 0.3 is 0 Å². The fraction of sp³-hybridized carbons (Fsp3) is 0.117. The van der Waals surface area contributed by atoms with Gasteiger partial charge in [-0.25, -0.2) is 39.9 Å². The number of anilines is 12. The van der Waals surface area contributed by atoms with Gasteiger partial charge in [0.1, 0.15) is 34.8 Å². The van der Waals surface area contributed by atoms with Crippen LogP contribution in [-0.2, 0) is 12.8 Å². The van der Waals surface area contributed by atoms with E-state index in [0.717, 1.165) is 145 Å². The molecule has 0 atom stereocenters. The van der Waals surface area contributed by atoms with Crippen molar-refractivity contribution >= 4 is 174 Å². The molecule has 8 heterocycles. The van der Waals surface area contributed by atoms with E-state index in [1.54, 1.807) is 50.6 Å². The van der Waals surface area contributed by atoms with Gasteiger partial charge in [0.05, 0.1) is 84.4 Å². The Morgan fingerprint density at radius 2 is 0.752 bits per heavy atom. The van der Waals surface area contributed by atoms with Gasteiger partial charge in [-0.2, -0.15) is 0 Å². The van der Waals surface area contributed by atoms with Crippen LogP contribution in [0.3, 0.4) is 0 Å². The summed E-state index contributed by atoms with van der Waals surface area (Å²) in [6.07, 6.45) is 1.58. The Labute approximate surface area is 811 Å². The van der Waals surface area contributed by atoms with Crippen LogP contribution in [0.15, 0.2) is 338 Å². The summed E-state index contributed by atoms with van der Waals surface area (Å²) in [5, 5.41) is 44.8. The van der Waals surface area contributed by atoms with Crippen LogP contribution in [0.25, 0.3) is 64.8 Å². The highest BCUT2D eigenvalue weighted by Crippen LogP contribution is 2.39. The highest BCUT2D eigenvalue weighted by Gasteiger charge is 2.20. The number of rotatable bonds is 22. The summed E-state index contributed by atoms with van der Waals surface area (Å²) >= 11 is 5.78. The molecule has 20 rings (SSSR count). The number of hydrogen-bond donors (Lipinski definition) is 7.